The monoisotopic (exact) mass is 431 g/mol. The Labute approximate surface area is 182 Å². The molecule has 0 spiro atoms. The van der Waals surface area contributed by atoms with Crippen LogP contribution in [0.2, 0.25) is 0 Å². The molecule has 0 atom stereocenters. The van der Waals surface area contributed by atoms with Crippen LogP contribution in [-0.4, -0.2) is 24.5 Å². The lowest BCUT2D eigenvalue weighted by Gasteiger charge is -2.21. The Kier molecular flexibility index (Phi) is 4.34. The molecule has 4 heterocycles. The molecule has 6 rings (SSSR count). The van der Waals surface area contributed by atoms with Crippen LogP contribution in [0.4, 0.5) is 0 Å². The van der Waals surface area contributed by atoms with Gasteiger partial charge in [-0.05, 0) is 25.0 Å². The number of aromatic amines is 2. The zero-order valence-corrected chi connectivity index (χ0v) is 18.0. The maximum atomic E-state index is 13.3. The summed E-state index contributed by atoms with van der Waals surface area (Å²) in [5.41, 5.74) is 3.87. The third-order valence-corrected chi connectivity index (χ3v) is 6.74. The van der Waals surface area contributed by atoms with Crippen LogP contribution >= 0.6 is 0 Å². The van der Waals surface area contributed by atoms with E-state index < -0.39 is 0 Å². The van der Waals surface area contributed by atoms with Crippen molar-refractivity contribution in [2.75, 3.05) is 0 Å². The number of hydrogen-bond acceptors (Lipinski definition) is 4. The summed E-state index contributed by atoms with van der Waals surface area (Å²) in [5, 5.41) is 8.83. The first-order valence-electron chi connectivity index (χ1n) is 11.3. The van der Waals surface area contributed by atoms with Gasteiger partial charge in [0.05, 0.1) is 23.1 Å². The molecular weight excluding hydrogens is 406 g/mol. The van der Waals surface area contributed by atoms with Gasteiger partial charge in [-0.15, -0.1) is 0 Å². The number of benzene rings is 1. The van der Waals surface area contributed by atoms with Crippen molar-refractivity contribution in [3.63, 3.8) is 0 Å². The fourth-order valence-electron chi connectivity index (χ4n) is 5.21. The van der Waals surface area contributed by atoms with Crippen molar-refractivity contribution < 1.29 is 4.42 Å². The van der Waals surface area contributed by atoms with Gasteiger partial charge in [-0.2, -0.15) is 5.10 Å². The molecule has 0 amide bonds. The number of fused-ring (bicyclic) bond motifs is 4. The van der Waals surface area contributed by atoms with E-state index in [1.165, 1.54) is 31.4 Å². The van der Waals surface area contributed by atoms with Gasteiger partial charge in [-0.25, -0.2) is 0 Å². The Bertz CT molecular complexity index is 1570. The first-order chi connectivity index (χ1) is 15.6. The van der Waals surface area contributed by atoms with E-state index in [0.717, 1.165) is 47.8 Å². The van der Waals surface area contributed by atoms with E-state index in [-0.39, 0.29) is 17.0 Å². The van der Waals surface area contributed by atoms with Crippen LogP contribution < -0.4 is 11.0 Å². The first kappa shape index (κ1) is 19.2. The Hall–Kier alpha value is -3.55. The number of rotatable bonds is 2. The van der Waals surface area contributed by atoms with Crippen LogP contribution in [0.25, 0.3) is 44.2 Å². The minimum absolute atomic E-state index is 0.110. The van der Waals surface area contributed by atoms with Crippen molar-refractivity contribution in [2.45, 2.75) is 51.0 Å². The molecule has 8 heteroatoms. The second-order valence-corrected chi connectivity index (χ2v) is 8.90. The van der Waals surface area contributed by atoms with E-state index >= 15 is 0 Å². The Morgan fingerprint density at radius 3 is 2.62 bits per heavy atom. The molecule has 1 aromatic carbocycles. The molecule has 1 saturated carbocycles. The van der Waals surface area contributed by atoms with Crippen LogP contribution in [0.3, 0.4) is 0 Å². The standard InChI is InChI=1S/C24H25N5O3/c1-28-13-14(12-25-28)19-20-23(26-21-17-10-9-16(30)11-18(17)32-22(19)21)29(27-24(20)31)15-7-5-3-2-4-6-8-15/h9-13,15,26H,2-8H2,1H3,(H,27,31). The molecule has 5 aromatic rings. The fourth-order valence-corrected chi connectivity index (χ4v) is 5.21. The largest absolute Gasteiger partial charge is 0.454 e. The maximum absolute atomic E-state index is 13.3. The average Bonchev–Trinajstić information content (AvgIpc) is 3.42. The highest BCUT2D eigenvalue weighted by atomic mass is 16.3. The second kappa shape index (κ2) is 7.25. The third kappa shape index (κ3) is 2.93. The van der Waals surface area contributed by atoms with E-state index in [2.05, 4.69) is 15.2 Å². The smallest absolute Gasteiger partial charge is 0.274 e. The lowest BCUT2D eigenvalue weighted by molar-refractivity contribution is 0.353. The molecule has 164 valence electrons. The van der Waals surface area contributed by atoms with E-state index in [1.54, 1.807) is 16.9 Å². The van der Waals surface area contributed by atoms with Crippen LogP contribution in [0.5, 0.6) is 0 Å². The number of hydrogen-bond donors (Lipinski definition) is 2. The number of H-pyrrole nitrogens is 2. The molecule has 32 heavy (non-hydrogen) atoms. The first-order valence-corrected chi connectivity index (χ1v) is 11.3. The zero-order chi connectivity index (χ0) is 21.8. The van der Waals surface area contributed by atoms with Gasteiger partial charge in [0.25, 0.3) is 5.56 Å². The summed E-state index contributed by atoms with van der Waals surface area (Å²) in [5.74, 6) is 0. The van der Waals surface area contributed by atoms with Crippen LogP contribution in [0, 0.1) is 0 Å². The molecule has 0 unspecified atom stereocenters. The normalized spacial score (nSPS) is 16.2. The van der Waals surface area contributed by atoms with E-state index in [4.69, 9.17) is 4.42 Å². The summed E-state index contributed by atoms with van der Waals surface area (Å²) in [6, 6.07) is 5.05. The summed E-state index contributed by atoms with van der Waals surface area (Å²) in [6.45, 7) is 0. The van der Waals surface area contributed by atoms with Crippen molar-refractivity contribution in [1.82, 2.24) is 24.5 Å². The van der Waals surface area contributed by atoms with Crippen LogP contribution in [-0.2, 0) is 7.05 Å². The minimum atomic E-state index is -0.149. The van der Waals surface area contributed by atoms with Gasteiger partial charge in [0.2, 0.25) is 0 Å². The van der Waals surface area contributed by atoms with E-state index in [9.17, 15) is 9.59 Å². The van der Waals surface area contributed by atoms with Gasteiger partial charge in [0.1, 0.15) is 11.2 Å². The molecule has 1 aliphatic carbocycles. The molecule has 0 aliphatic heterocycles. The molecule has 0 bridgehead atoms. The van der Waals surface area contributed by atoms with Gasteiger partial charge in [-0.1, -0.05) is 32.1 Å². The highest BCUT2D eigenvalue weighted by Gasteiger charge is 2.25. The summed E-state index contributed by atoms with van der Waals surface area (Å²) >= 11 is 0. The van der Waals surface area contributed by atoms with Crippen molar-refractivity contribution >= 4 is 33.1 Å². The lowest BCUT2D eigenvalue weighted by atomic mass is 9.97. The number of aryl methyl sites for hydroxylation is 1. The van der Waals surface area contributed by atoms with Crippen molar-refractivity contribution in [3.05, 3.63) is 51.2 Å². The van der Waals surface area contributed by atoms with E-state index in [0.29, 0.717) is 22.1 Å². The number of aromatic nitrogens is 5. The van der Waals surface area contributed by atoms with Gasteiger partial charge < -0.3 is 9.40 Å². The van der Waals surface area contributed by atoms with Crippen LogP contribution in [0.15, 0.2) is 44.6 Å². The molecular formula is C24H25N5O3. The molecule has 1 aliphatic rings. The maximum Gasteiger partial charge on any atom is 0.274 e. The van der Waals surface area contributed by atoms with Gasteiger partial charge >= 0.3 is 0 Å². The second-order valence-electron chi connectivity index (χ2n) is 8.90. The predicted molar refractivity (Wildman–Crippen MR) is 124 cm³/mol. The third-order valence-electron chi connectivity index (χ3n) is 6.74. The lowest BCUT2D eigenvalue weighted by Crippen LogP contribution is -2.15. The average molecular weight is 431 g/mol. The summed E-state index contributed by atoms with van der Waals surface area (Å²) in [6.07, 6.45) is 11.8. The molecule has 0 radical (unpaired) electrons. The number of nitrogens with one attached hydrogen (secondary N) is 2. The Morgan fingerprint density at radius 1 is 1.09 bits per heavy atom. The molecule has 4 aromatic heterocycles. The minimum Gasteiger partial charge on any atom is -0.454 e. The predicted octanol–water partition coefficient (Wildman–Crippen LogP) is 4.60. The zero-order valence-electron chi connectivity index (χ0n) is 18.0. The molecule has 2 N–H and O–H groups in total. The highest BCUT2D eigenvalue weighted by Crippen LogP contribution is 2.39. The van der Waals surface area contributed by atoms with Crippen molar-refractivity contribution in [3.8, 4) is 11.1 Å². The van der Waals surface area contributed by atoms with Crippen molar-refractivity contribution in [2.24, 2.45) is 7.05 Å². The summed E-state index contributed by atoms with van der Waals surface area (Å²) in [4.78, 5) is 28.7. The van der Waals surface area contributed by atoms with E-state index in [1.807, 2.05) is 17.9 Å². The highest BCUT2D eigenvalue weighted by molar-refractivity contribution is 6.14. The van der Waals surface area contributed by atoms with Crippen molar-refractivity contribution in [1.29, 1.82) is 0 Å². The van der Waals surface area contributed by atoms with Gasteiger partial charge in [-0.3, -0.25) is 24.1 Å². The van der Waals surface area contributed by atoms with Gasteiger partial charge in [0.15, 0.2) is 11.0 Å². The van der Waals surface area contributed by atoms with Gasteiger partial charge in [0, 0.05) is 35.8 Å². The topological polar surface area (TPSA) is 102 Å². The quantitative estimate of drug-likeness (QED) is 0.426. The number of nitrogens with zero attached hydrogens (tertiary/aromatic N) is 3. The summed E-state index contributed by atoms with van der Waals surface area (Å²) in [7, 11) is 1.85. The summed E-state index contributed by atoms with van der Waals surface area (Å²) < 4.78 is 9.89. The molecule has 0 saturated heterocycles. The fraction of sp³-hybridized carbons (Fsp3) is 0.375. The molecule has 8 nitrogen and oxygen atoms in total. The number of furan rings is 1. The Morgan fingerprint density at radius 2 is 1.88 bits per heavy atom. The Balaban J connectivity index is 1.71. The van der Waals surface area contributed by atoms with Crippen LogP contribution in [0.1, 0.15) is 51.0 Å². The number of pyridine rings is 1. The SMILES string of the molecule is Cn1cc(-c2c3oc4cc(=O)ccc4c3[nH]c3c2c(=O)[nH]n3C2CCCCCCC2)cn1. The molecule has 1 fully saturated rings.